The molecule has 2 heterocycles. The Labute approximate surface area is 247 Å². The van der Waals surface area contributed by atoms with E-state index in [-0.39, 0.29) is 30.0 Å². The number of halogens is 1. The van der Waals surface area contributed by atoms with Gasteiger partial charge in [-0.15, -0.1) is 0 Å². The van der Waals surface area contributed by atoms with E-state index in [0.29, 0.717) is 45.3 Å². The van der Waals surface area contributed by atoms with Crippen molar-refractivity contribution in [1.29, 1.82) is 0 Å². The van der Waals surface area contributed by atoms with Gasteiger partial charge in [0.25, 0.3) is 11.5 Å². The summed E-state index contributed by atoms with van der Waals surface area (Å²) < 4.78 is 7.17. The van der Waals surface area contributed by atoms with Gasteiger partial charge in [0.1, 0.15) is 0 Å². The van der Waals surface area contributed by atoms with Gasteiger partial charge in [-0.05, 0) is 73.4 Å². The molecule has 4 aromatic rings. The third-order valence-electron chi connectivity index (χ3n) is 6.92. The highest BCUT2D eigenvalue weighted by Crippen LogP contribution is 2.27. The third kappa shape index (κ3) is 7.16. The van der Waals surface area contributed by atoms with Crippen LogP contribution in [0, 0.1) is 0 Å². The Morgan fingerprint density at radius 2 is 1.85 bits per heavy atom. The Kier molecular flexibility index (Phi) is 9.38. The molecule has 0 radical (unpaired) electrons. The molecule has 8 nitrogen and oxygen atoms in total. The predicted molar refractivity (Wildman–Crippen MR) is 163 cm³/mol. The predicted octanol–water partition coefficient (Wildman–Crippen LogP) is 5.52. The van der Waals surface area contributed by atoms with Gasteiger partial charge in [0.2, 0.25) is 5.91 Å². The maximum absolute atomic E-state index is 13.6. The number of anilines is 1. The van der Waals surface area contributed by atoms with Crippen molar-refractivity contribution >= 4 is 51.8 Å². The molecule has 0 aliphatic carbocycles. The number of carbonyl (C=O) groups is 2. The number of aromatic nitrogens is 2. The molecule has 1 aliphatic heterocycles. The number of fused-ring (bicyclic) bond motifs is 1. The highest BCUT2D eigenvalue weighted by molar-refractivity contribution is 8.00. The van der Waals surface area contributed by atoms with Crippen LogP contribution in [0.5, 0.6) is 0 Å². The quantitative estimate of drug-likeness (QED) is 0.186. The average Bonchev–Trinajstić information content (AvgIpc) is 3.52. The van der Waals surface area contributed by atoms with Crippen LogP contribution in [0.3, 0.4) is 0 Å². The van der Waals surface area contributed by atoms with Gasteiger partial charge in [0.05, 0.1) is 28.8 Å². The maximum atomic E-state index is 13.6. The van der Waals surface area contributed by atoms with Gasteiger partial charge in [0.15, 0.2) is 5.16 Å². The minimum Gasteiger partial charge on any atom is -0.376 e. The summed E-state index contributed by atoms with van der Waals surface area (Å²) in [6, 6.07) is 21.3. The largest absolute Gasteiger partial charge is 0.376 e. The lowest BCUT2D eigenvalue weighted by atomic mass is 10.1. The molecule has 3 aromatic carbocycles. The van der Waals surface area contributed by atoms with Gasteiger partial charge < -0.3 is 15.4 Å². The van der Waals surface area contributed by atoms with E-state index in [9.17, 15) is 14.4 Å². The number of nitrogens with one attached hydrogen (secondary N) is 2. The van der Waals surface area contributed by atoms with Crippen LogP contribution in [-0.2, 0) is 16.1 Å². The van der Waals surface area contributed by atoms with Crippen LogP contribution in [0.15, 0.2) is 82.7 Å². The number of hydrogen-bond donors (Lipinski definition) is 2. The molecular weight excluding hydrogens is 560 g/mol. The summed E-state index contributed by atoms with van der Waals surface area (Å²) in [5.41, 5.74) is 2.39. The summed E-state index contributed by atoms with van der Waals surface area (Å²) >= 11 is 7.23. The number of hydrogen-bond acceptors (Lipinski definition) is 6. The second-order valence-electron chi connectivity index (χ2n) is 9.86. The Morgan fingerprint density at radius 1 is 1.10 bits per heavy atom. The van der Waals surface area contributed by atoms with Crippen molar-refractivity contribution in [2.24, 2.45) is 0 Å². The van der Waals surface area contributed by atoms with Crippen molar-refractivity contribution in [2.45, 2.75) is 49.2 Å². The minimum absolute atomic E-state index is 0.0710. The number of carbonyl (C=O) groups excluding carboxylic acids is 2. The summed E-state index contributed by atoms with van der Waals surface area (Å²) in [5.74, 6) is -0.350. The molecule has 212 valence electrons. The summed E-state index contributed by atoms with van der Waals surface area (Å²) in [7, 11) is 0. The molecule has 0 saturated carbocycles. The fraction of sp³-hybridized carbons (Fsp3) is 0.290. The van der Waals surface area contributed by atoms with Gasteiger partial charge >= 0.3 is 0 Å². The van der Waals surface area contributed by atoms with E-state index < -0.39 is 5.25 Å². The number of rotatable bonds is 10. The van der Waals surface area contributed by atoms with Crippen molar-refractivity contribution < 1.29 is 14.3 Å². The Morgan fingerprint density at radius 3 is 2.56 bits per heavy atom. The summed E-state index contributed by atoms with van der Waals surface area (Å²) in [6.07, 6.45) is 2.57. The van der Waals surface area contributed by atoms with Crippen LogP contribution >= 0.6 is 23.4 Å². The molecule has 10 heteroatoms. The Hall–Kier alpha value is -3.66. The zero-order chi connectivity index (χ0) is 28.8. The number of thioether (sulfide) groups is 1. The van der Waals surface area contributed by atoms with E-state index in [1.54, 1.807) is 59.2 Å². The minimum atomic E-state index is -0.486. The first-order valence-electron chi connectivity index (χ1n) is 13.6. The Balaban J connectivity index is 1.36. The van der Waals surface area contributed by atoms with Gasteiger partial charge in [0, 0.05) is 29.4 Å². The molecule has 2 N–H and O–H groups in total. The van der Waals surface area contributed by atoms with Crippen LogP contribution in [0.4, 0.5) is 5.69 Å². The number of para-hydroxylation sites is 1. The SMILES string of the molecule is CCC(Sc1nc2ccccc2c(=O)n1Cc1ccc(C(=O)NCC2CCCO2)cc1)C(=O)Nc1ccc(Cl)cc1. The van der Waals surface area contributed by atoms with Crippen LogP contribution < -0.4 is 16.2 Å². The molecule has 2 unspecified atom stereocenters. The molecular formula is C31H31ClN4O4S. The van der Waals surface area contributed by atoms with Crippen molar-refractivity contribution in [3.05, 3.63) is 99.3 Å². The molecule has 2 amide bonds. The summed E-state index contributed by atoms with van der Waals surface area (Å²) in [4.78, 5) is 44.2. The van der Waals surface area contributed by atoms with Gasteiger partial charge in [-0.2, -0.15) is 0 Å². The average molecular weight is 591 g/mol. The number of amides is 2. The second kappa shape index (κ2) is 13.3. The lowest BCUT2D eigenvalue weighted by Crippen LogP contribution is -2.31. The van der Waals surface area contributed by atoms with E-state index >= 15 is 0 Å². The van der Waals surface area contributed by atoms with E-state index in [2.05, 4.69) is 10.6 Å². The fourth-order valence-corrected chi connectivity index (χ4v) is 5.78. The van der Waals surface area contributed by atoms with Gasteiger partial charge in [-0.1, -0.05) is 54.6 Å². The summed E-state index contributed by atoms with van der Waals surface area (Å²) in [5, 5.41) is 6.91. The molecule has 1 aromatic heterocycles. The lowest BCUT2D eigenvalue weighted by molar-refractivity contribution is -0.115. The van der Waals surface area contributed by atoms with Gasteiger partial charge in [-0.25, -0.2) is 4.98 Å². The van der Waals surface area contributed by atoms with Crippen molar-refractivity contribution in [2.75, 3.05) is 18.5 Å². The fourth-order valence-electron chi connectivity index (χ4n) is 4.64. The summed E-state index contributed by atoms with van der Waals surface area (Å²) in [6.45, 7) is 3.39. The number of benzene rings is 3. The van der Waals surface area contributed by atoms with Crippen molar-refractivity contribution in [3.63, 3.8) is 0 Å². The zero-order valence-electron chi connectivity index (χ0n) is 22.6. The first-order valence-corrected chi connectivity index (χ1v) is 14.9. The van der Waals surface area contributed by atoms with E-state index in [0.717, 1.165) is 25.0 Å². The van der Waals surface area contributed by atoms with Gasteiger partial charge in [-0.3, -0.25) is 19.0 Å². The molecule has 41 heavy (non-hydrogen) atoms. The highest BCUT2D eigenvalue weighted by Gasteiger charge is 2.23. The molecule has 2 atom stereocenters. The van der Waals surface area contributed by atoms with Crippen molar-refractivity contribution in [1.82, 2.24) is 14.9 Å². The standard InChI is InChI=1S/C31H31ClN4O4S/c1-2-27(29(38)34-23-15-13-22(32)14-16-23)41-31-35-26-8-4-3-7-25(26)30(39)36(31)19-20-9-11-21(12-10-20)28(37)33-18-24-6-5-17-40-24/h3-4,7-16,24,27H,2,5-6,17-19H2,1H3,(H,33,37)(H,34,38). The van der Waals surface area contributed by atoms with Crippen LogP contribution in [0.2, 0.25) is 5.02 Å². The third-order valence-corrected chi connectivity index (χ3v) is 8.53. The number of nitrogens with zero attached hydrogens (tertiary/aromatic N) is 2. The topological polar surface area (TPSA) is 102 Å². The van der Waals surface area contributed by atoms with Crippen LogP contribution in [0.1, 0.15) is 42.1 Å². The molecule has 1 aliphatic rings. The number of ether oxygens (including phenoxy) is 1. The molecule has 0 spiro atoms. The van der Waals surface area contributed by atoms with Crippen LogP contribution in [0.25, 0.3) is 10.9 Å². The maximum Gasteiger partial charge on any atom is 0.262 e. The van der Waals surface area contributed by atoms with E-state index in [1.807, 2.05) is 25.1 Å². The normalized spacial score (nSPS) is 15.5. The Bertz CT molecular complexity index is 1590. The van der Waals surface area contributed by atoms with Crippen LogP contribution in [-0.4, -0.2) is 45.9 Å². The second-order valence-corrected chi connectivity index (χ2v) is 11.5. The lowest BCUT2D eigenvalue weighted by Gasteiger charge is -2.18. The highest BCUT2D eigenvalue weighted by atomic mass is 35.5. The van der Waals surface area contributed by atoms with E-state index in [4.69, 9.17) is 21.3 Å². The zero-order valence-corrected chi connectivity index (χ0v) is 24.2. The smallest absolute Gasteiger partial charge is 0.262 e. The van der Waals surface area contributed by atoms with Crippen molar-refractivity contribution in [3.8, 4) is 0 Å². The molecule has 1 fully saturated rings. The monoisotopic (exact) mass is 590 g/mol. The molecule has 1 saturated heterocycles. The van der Waals surface area contributed by atoms with E-state index in [1.165, 1.54) is 11.8 Å². The first kappa shape index (κ1) is 28.9. The molecule has 0 bridgehead atoms. The first-order chi connectivity index (χ1) is 19.9. The molecule has 5 rings (SSSR count).